The predicted octanol–water partition coefficient (Wildman–Crippen LogP) is 1.96. The van der Waals surface area contributed by atoms with E-state index >= 15 is 0 Å². The first-order valence-electron chi connectivity index (χ1n) is 3.92. The van der Waals surface area contributed by atoms with E-state index in [1.165, 1.54) is 0 Å². The number of hydrogen-bond donors (Lipinski definition) is 2. The molecule has 0 heterocycles. The Morgan fingerprint density at radius 1 is 1.17 bits per heavy atom. The molecule has 0 saturated heterocycles. The molecular formula is C10H15N2. The highest BCUT2D eigenvalue weighted by atomic mass is 14.7. The Morgan fingerprint density at radius 3 is 2.17 bits per heavy atom. The number of benzene rings is 1. The molecule has 0 spiro atoms. The van der Waals surface area contributed by atoms with Gasteiger partial charge in [-0.2, -0.15) is 0 Å². The fraction of sp³-hybridized carbons (Fsp3) is 0.300. The highest BCUT2D eigenvalue weighted by molar-refractivity contribution is 5.64. The second-order valence-corrected chi connectivity index (χ2v) is 3.73. The molecule has 0 saturated carbocycles. The van der Waals surface area contributed by atoms with E-state index in [9.17, 15) is 0 Å². The molecule has 65 valence electrons. The van der Waals surface area contributed by atoms with Crippen LogP contribution in [0.25, 0.3) is 0 Å². The van der Waals surface area contributed by atoms with Gasteiger partial charge in [-0.3, -0.25) is 0 Å². The van der Waals surface area contributed by atoms with Gasteiger partial charge in [-0.05, 0) is 30.0 Å². The number of anilines is 2. The van der Waals surface area contributed by atoms with Crippen LogP contribution in [0.3, 0.4) is 0 Å². The van der Waals surface area contributed by atoms with Crippen LogP contribution in [0.2, 0.25) is 0 Å². The quantitative estimate of drug-likeness (QED) is 0.622. The minimum absolute atomic E-state index is 0.109. The van der Waals surface area contributed by atoms with Crippen molar-refractivity contribution in [3.8, 4) is 0 Å². The SMILES string of the molecule is [CH2]C(C)(C)c1ccc(N)c(N)c1. The molecule has 0 aliphatic carbocycles. The van der Waals surface area contributed by atoms with Crippen molar-refractivity contribution in [3.05, 3.63) is 30.7 Å². The molecule has 1 aromatic carbocycles. The molecule has 0 aromatic heterocycles. The average Bonchev–Trinajstić information content (AvgIpc) is 1.92. The van der Waals surface area contributed by atoms with Crippen LogP contribution in [0.5, 0.6) is 0 Å². The fourth-order valence-corrected chi connectivity index (χ4v) is 0.996. The maximum Gasteiger partial charge on any atom is 0.0550 e. The smallest absolute Gasteiger partial charge is 0.0550 e. The van der Waals surface area contributed by atoms with Gasteiger partial charge in [0.05, 0.1) is 11.4 Å². The zero-order chi connectivity index (χ0) is 9.35. The lowest BCUT2D eigenvalue weighted by Gasteiger charge is -2.19. The third-order valence-electron chi connectivity index (χ3n) is 1.87. The monoisotopic (exact) mass is 163 g/mol. The number of nitrogen functional groups attached to an aromatic ring is 2. The van der Waals surface area contributed by atoms with Crippen LogP contribution >= 0.6 is 0 Å². The van der Waals surface area contributed by atoms with Crippen molar-refractivity contribution in [2.24, 2.45) is 0 Å². The number of hydrogen-bond acceptors (Lipinski definition) is 2. The molecule has 4 N–H and O–H groups in total. The van der Waals surface area contributed by atoms with E-state index in [0.717, 1.165) is 5.56 Å². The van der Waals surface area contributed by atoms with E-state index < -0.39 is 0 Å². The molecule has 2 heteroatoms. The lowest BCUT2D eigenvalue weighted by atomic mass is 9.87. The topological polar surface area (TPSA) is 52.0 Å². The Kier molecular flexibility index (Phi) is 2.01. The van der Waals surface area contributed by atoms with E-state index in [0.29, 0.717) is 11.4 Å². The lowest BCUT2D eigenvalue weighted by molar-refractivity contribution is 0.665. The van der Waals surface area contributed by atoms with Crippen LogP contribution in [0.1, 0.15) is 19.4 Å². The van der Waals surface area contributed by atoms with Gasteiger partial charge in [0.25, 0.3) is 0 Å². The molecule has 0 unspecified atom stereocenters. The van der Waals surface area contributed by atoms with Crippen LogP contribution in [-0.2, 0) is 5.41 Å². The van der Waals surface area contributed by atoms with E-state index in [1.54, 1.807) is 0 Å². The zero-order valence-electron chi connectivity index (χ0n) is 7.59. The lowest BCUT2D eigenvalue weighted by Crippen LogP contribution is -2.12. The molecule has 1 rings (SSSR count). The van der Waals surface area contributed by atoms with Gasteiger partial charge in [0.2, 0.25) is 0 Å². The van der Waals surface area contributed by atoms with Gasteiger partial charge >= 0.3 is 0 Å². The predicted molar refractivity (Wildman–Crippen MR) is 53.6 cm³/mol. The first-order chi connectivity index (χ1) is 5.41. The maximum atomic E-state index is 5.66. The molecule has 2 nitrogen and oxygen atoms in total. The minimum Gasteiger partial charge on any atom is -0.397 e. The summed E-state index contributed by atoms with van der Waals surface area (Å²) < 4.78 is 0. The van der Waals surface area contributed by atoms with Crippen LogP contribution in [0.15, 0.2) is 18.2 Å². The maximum absolute atomic E-state index is 5.66. The first-order valence-corrected chi connectivity index (χ1v) is 3.92. The highest BCUT2D eigenvalue weighted by Gasteiger charge is 2.13. The molecule has 12 heavy (non-hydrogen) atoms. The first kappa shape index (κ1) is 8.91. The molecule has 0 amide bonds. The van der Waals surface area contributed by atoms with Crippen molar-refractivity contribution < 1.29 is 0 Å². The summed E-state index contributed by atoms with van der Waals surface area (Å²) in [5.41, 5.74) is 13.5. The van der Waals surface area contributed by atoms with Gasteiger partial charge in [-0.25, -0.2) is 0 Å². The van der Waals surface area contributed by atoms with E-state index in [-0.39, 0.29) is 5.41 Å². The van der Waals surface area contributed by atoms with Gasteiger partial charge < -0.3 is 11.5 Å². The Balaban J connectivity index is 3.14. The number of nitrogens with two attached hydrogens (primary N) is 2. The van der Waals surface area contributed by atoms with Gasteiger partial charge in [0.15, 0.2) is 0 Å². The van der Waals surface area contributed by atoms with E-state index in [2.05, 4.69) is 6.92 Å². The van der Waals surface area contributed by atoms with Crippen molar-refractivity contribution in [1.82, 2.24) is 0 Å². The van der Waals surface area contributed by atoms with Crippen molar-refractivity contribution >= 4 is 11.4 Å². The summed E-state index contributed by atoms with van der Waals surface area (Å²) in [6.45, 7) is 8.09. The Morgan fingerprint density at radius 2 is 1.75 bits per heavy atom. The van der Waals surface area contributed by atoms with Gasteiger partial charge in [-0.1, -0.05) is 19.9 Å². The Hall–Kier alpha value is -1.18. The van der Waals surface area contributed by atoms with Gasteiger partial charge in [0, 0.05) is 0 Å². The average molecular weight is 163 g/mol. The van der Waals surface area contributed by atoms with Crippen LogP contribution < -0.4 is 11.5 Å². The third kappa shape index (κ3) is 1.70. The van der Waals surface area contributed by atoms with Crippen LogP contribution in [0.4, 0.5) is 11.4 Å². The van der Waals surface area contributed by atoms with Crippen molar-refractivity contribution in [1.29, 1.82) is 0 Å². The summed E-state index contributed by atoms with van der Waals surface area (Å²) in [7, 11) is 0. The largest absolute Gasteiger partial charge is 0.397 e. The molecule has 0 bridgehead atoms. The summed E-state index contributed by atoms with van der Waals surface area (Å²) in [5.74, 6) is 0. The minimum atomic E-state index is -0.109. The molecule has 0 atom stereocenters. The fourth-order valence-electron chi connectivity index (χ4n) is 0.996. The zero-order valence-corrected chi connectivity index (χ0v) is 7.59. The molecule has 0 fully saturated rings. The Labute approximate surface area is 73.6 Å². The highest BCUT2D eigenvalue weighted by Crippen LogP contribution is 2.26. The van der Waals surface area contributed by atoms with Gasteiger partial charge in [0.1, 0.15) is 0 Å². The Bertz CT molecular complexity index is 284. The van der Waals surface area contributed by atoms with Crippen molar-refractivity contribution in [3.63, 3.8) is 0 Å². The van der Waals surface area contributed by atoms with Gasteiger partial charge in [-0.15, -0.1) is 0 Å². The number of rotatable bonds is 1. The third-order valence-corrected chi connectivity index (χ3v) is 1.87. The molecule has 0 aliphatic heterocycles. The summed E-state index contributed by atoms with van der Waals surface area (Å²) in [6, 6.07) is 5.65. The second-order valence-electron chi connectivity index (χ2n) is 3.73. The molecule has 1 radical (unpaired) electrons. The molecule has 0 aliphatic rings. The van der Waals surface area contributed by atoms with Crippen molar-refractivity contribution in [2.75, 3.05) is 11.5 Å². The van der Waals surface area contributed by atoms with Crippen molar-refractivity contribution in [2.45, 2.75) is 19.3 Å². The van der Waals surface area contributed by atoms with Crippen LogP contribution in [-0.4, -0.2) is 0 Å². The molecular weight excluding hydrogens is 148 g/mol. The molecule has 1 aromatic rings. The summed E-state index contributed by atoms with van der Waals surface area (Å²) >= 11 is 0. The van der Waals surface area contributed by atoms with E-state index in [4.69, 9.17) is 11.5 Å². The van der Waals surface area contributed by atoms with Crippen LogP contribution in [0, 0.1) is 6.92 Å². The second kappa shape index (κ2) is 2.70. The van der Waals surface area contributed by atoms with E-state index in [1.807, 2.05) is 32.0 Å². The summed E-state index contributed by atoms with van der Waals surface area (Å²) in [4.78, 5) is 0. The summed E-state index contributed by atoms with van der Waals surface area (Å²) in [6.07, 6.45) is 0. The standard InChI is InChI=1S/C10H15N2/c1-10(2,3)7-4-5-8(11)9(12)6-7/h4-6H,1,11-12H2,2-3H3. The summed E-state index contributed by atoms with van der Waals surface area (Å²) in [5, 5.41) is 0. The normalized spacial score (nSPS) is 11.6.